The van der Waals surface area contributed by atoms with Crippen molar-refractivity contribution in [2.24, 2.45) is 12.8 Å². The van der Waals surface area contributed by atoms with Crippen molar-refractivity contribution in [2.45, 2.75) is 36.7 Å². The van der Waals surface area contributed by atoms with Gasteiger partial charge >= 0.3 is 0 Å². The summed E-state index contributed by atoms with van der Waals surface area (Å²) >= 11 is 1.52. The van der Waals surface area contributed by atoms with E-state index < -0.39 is 0 Å². The number of thioether (sulfide) groups is 1. The fourth-order valence-electron chi connectivity index (χ4n) is 2.36. The lowest BCUT2D eigenvalue weighted by Gasteiger charge is -2.11. The summed E-state index contributed by atoms with van der Waals surface area (Å²) in [4.78, 5) is 4.29. The molecule has 0 aliphatic heterocycles. The van der Waals surface area contributed by atoms with Crippen molar-refractivity contribution in [3.8, 4) is 0 Å². The lowest BCUT2D eigenvalue weighted by molar-refractivity contribution is 0.378. The van der Waals surface area contributed by atoms with Gasteiger partial charge in [0.15, 0.2) is 16.8 Å². The molecule has 3 aromatic rings. The lowest BCUT2D eigenvalue weighted by Crippen LogP contribution is -2.18. The van der Waals surface area contributed by atoms with Gasteiger partial charge in [-0.25, -0.2) is 0 Å². The molecule has 2 aromatic heterocycles. The Bertz CT molecular complexity index is 785. The summed E-state index contributed by atoms with van der Waals surface area (Å²) in [6.45, 7) is 1.98. The Balaban J connectivity index is 1.64. The number of aryl methyl sites for hydroxylation is 1. The minimum absolute atomic E-state index is 0.198. The molecule has 126 valence electrons. The summed E-state index contributed by atoms with van der Waals surface area (Å²) in [5.41, 5.74) is 7.48. The average molecular weight is 344 g/mol. The summed E-state index contributed by atoms with van der Waals surface area (Å²) in [6.07, 6.45) is 1.46. The van der Waals surface area contributed by atoms with Gasteiger partial charge in [0.05, 0.1) is 11.8 Å². The highest BCUT2D eigenvalue weighted by atomic mass is 32.2. The molecule has 0 fully saturated rings. The maximum atomic E-state index is 6.30. The van der Waals surface area contributed by atoms with Crippen LogP contribution in [0, 0.1) is 0 Å². The molecule has 3 rings (SSSR count). The number of benzene rings is 1. The van der Waals surface area contributed by atoms with Gasteiger partial charge < -0.3 is 14.8 Å². The van der Waals surface area contributed by atoms with E-state index >= 15 is 0 Å². The molecular formula is C16H20N6OS. The molecule has 7 nitrogen and oxygen atoms in total. The Morgan fingerprint density at radius 3 is 2.75 bits per heavy atom. The van der Waals surface area contributed by atoms with Crippen molar-refractivity contribution in [2.75, 3.05) is 0 Å². The molecular weight excluding hydrogens is 324 g/mol. The summed E-state index contributed by atoms with van der Waals surface area (Å²) in [7, 11) is 1.93. The van der Waals surface area contributed by atoms with E-state index in [0.29, 0.717) is 17.5 Å². The van der Waals surface area contributed by atoms with Crippen LogP contribution < -0.4 is 5.73 Å². The zero-order valence-corrected chi connectivity index (χ0v) is 14.5. The van der Waals surface area contributed by atoms with Crippen molar-refractivity contribution in [1.82, 2.24) is 24.9 Å². The molecule has 0 saturated heterocycles. The fraction of sp³-hybridized carbons (Fsp3) is 0.375. The number of hydrogen-bond donors (Lipinski definition) is 1. The molecule has 1 aromatic carbocycles. The molecule has 0 spiro atoms. The zero-order chi connectivity index (χ0) is 16.9. The zero-order valence-electron chi connectivity index (χ0n) is 13.7. The molecule has 2 heterocycles. The van der Waals surface area contributed by atoms with E-state index in [1.807, 2.05) is 36.7 Å². The maximum Gasteiger partial charge on any atom is 0.226 e. The summed E-state index contributed by atoms with van der Waals surface area (Å²) in [5.74, 6) is 2.66. The first-order valence-electron chi connectivity index (χ1n) is 7.80. The van der Waals surface area contributed by atoms with Crippen LogP contribution in [-0.4, -0.2) is 24.9 Å². The summed E-state index contributed by atoms with van der Waals surface area (Å²) in [5, 5.41) is 13.2. The minimum Gasteiger partial charge on any atom is -0.339 e. The third-order valence-electron chi connectivity index (χ3n) is 3.64. The molecule has 0 saturated carbocycles. The van der Waals surface area contributed by atoms with Crippen molar-refractivity contribution < 1.29 is 4.52 Å². The summed E-state index contributed by atoms with van der Waals surface area (Å²) < 4.78 is 7.03. The topological polar surface area (TPSA) is 95.7 Å². The van der Waals surface area contributed by atoms with E-state index in [4.69, 9.17) is 10.3 Å². The van der Waals surface area contributed by atoms with Gasteiger partial charge in [0.1, 0.15) is 0 Å². The Kier molecular flexibility index (Phi) is 5.27. The van der Waals surface area contributed by atoms with Crippen LogP contribution in [0.25, 0.3) is 0 Å². The fourth-order valence-corrected chi connectivity index (χ4v) is 3.12. The molecule has 0 aliphatic carbocycles. The highest BCUT2D eigenvalue weighted by molar-refractivity contribution is 7.98. The second kappa shape index (κ2) is 7.59. The highest BCUT2D eigenvalue weighted by Gasteiger charge is 2.17. The van der Waals surface area contributed by atoms with Crippen LogP contribution in [0.2, 0.25) is 0 Å². The standard InChI is InChI=1S/C16H20N6OS/c1-3-14-18-13(21-23-14)10-24-16-20-19-15(22(16)2)12(17)9-11-7-5-4-6-8-11/h4-8,12H,3,9-10,17H2,1-2H3. The van der Waals surface area contributed by atoms with E-state index in [2.05, 4.69) is 32.5 Å². The number of aromatic nitrogens is 5. The average Bonchev–Trinajstić information content (AvgIpc) is 3.20. The first kappa shape index (κ1) is 16.7. The molecule has 1 unspecified atom stereocenters. The molecule has 2 N–H and O–H groups in total. The maximum absolute atomic E-state index is 6.30. The Morgan fingerprint density at radius 1 is 1.25 bits per heavy atom. The van der Waals surface area contributed by atoms with Crippen LogP contribution in [-0.2, 0) is 25.6 Å². The van der Waals surface area contributed by atoms with Crippen molar-refractivity contribution in [3.63, 3.8) is 0 Å². The van der Waals surface area contributed by atoms with E-state index in [9.17, 15) is 0 Å². The number of nitrogens with two attached hydrogens (primary N) is 1. The monoisotopic (exact) mass is 344 g/mol. The quantitative estimate of drug-likeness (QED) is 0.657. The number of hydrogen-bond acceptors (Lipinski definition) is 7. The molecule has 24 heavy (non-hydrogen) atoms. The molecule has 1 atom stereocenters. The molecule has 0 bridgehead atoms. The van der Waals surface area contributed by atoms with Gasteiger partial charge in [-0.05, 0) is 12.0 Å². The first-order valence-corrected chi connectivity index (χ1v) is 8.79. The van der Waals surface area contributed by atoms with Gasteiger partial charge in [-0.1, -0.05) is 54.2 Å². The van der Waals surface area contributed by atoms with Crippen molar-refractivity contribution >= 4 is 11.8 Å². The van der Waals surface area contributed by atoms with Crippen LogP contribution >= 0.6 is 11.8 Å². The van der Waals surface area contributed by atoms with Crippen molar-refractivity contribution in [1.29, 1.82) is 0 Å². The molecule has 0 amide bonds. The van der Waals surface area contributed by atoms with Crippen LogP contribution in [0.5, 0.6) is 0 Å². The normalized spacial score (nSPS) is 12.5. The van der Waals surface area contributed by atoms with Gasteiger partial charge in [-0.3, -0.25) is 0 Å². The van der Waals surface area contributed by atoms with Gasteiger partial charge in [-0.2, -0.15) is 4.98 Å². The smallest absolute Gasteiger partial charge is 0.226 e. The third kappa shape index (κ3) is 3.82. The second-order valence-corrected chi connectivity index (χ2v) is 6.39. The Labute approximate surface area is 144 Å². The third-order valence-corrected chi connectivity index (χ3v) is 4.66. The van der Waals surface area contributed by atoms with Gasteiger partial charge in [0.2, 0.25) is 5.89 Å². The Morgan fingerprint density at radius 2 is 2.04 bits per heavy atom. The Hall–Kier alpha value is -2.19. The SMILES string of the molecule is CCc1nc(CSc2nnc(C(N)Cc3ccccc3)n2C)no1. The van der Waals surface area contributed by atoms with E-state index in [1.165, 1.54) is 17.3 Å². The lowest BCUT2D eigenvalue weighted by atomic mass is 10.1. The first-order chi connectivity index (χ1) is 11.7. The highest BCUT2D eigenvalue weighted by Crippen LogP contribution is 2.22. The van der Waals surface area contributed by atoms with Crippen molar-refractivity contribution in [3.05, 3.63) is 53.4 Å². The van der Waals surface area contributed by atoms with Crippen LogP contribution in [0.3, 0.4) is 0 Å². The largest absolute Gasteiger partial charge is 0.339 e. The second-order valence-electron chi connectivity index (χ2n) is 5.44. The van der Waals surface area contributed by atoms with Crippen LogP contribution in [0.1, 0.15) is 36.1 Å². The number of nitrogens with zero attached hydrogens (tertiary/aromatic N) is 5. The predicted molar refractivity (Wildman–Crippen MR) is 91.3 cm³/mol. The molecule has 0 radical (unpaired) electrons. The van der Waals surface area contributed by atoms with Crippen LogP contribution in [0.4, 0.5) is 0 Å². The van der Waals surface area contributed by atoms with E-state index in [1.54, 1.807) is 0 Å². The van der Waals surface area contributed by atoms with Crippen LogP contribution in [0.15, 0.2) is 40.0 Å². The molecule has 8 heteroatoms. The molecule has 0 aliphatic rings. The van der Waals surface area contributed by atoms with E-state index in [-0.39, 0.29) is 6.04 Å². The van der Waals surface area contributed by atoms with Gasteiger partial charge in [-0.15, -0.1) is 10.2 Å². The minimum atomic E-state index is -0.198. The summed E-state index contributed by atoms with van der Waals surface area (Å²) in [6, 6.07) is 9.94. The van der Waals surface area contributed by atoms with Gasteiger partial charge in [0, 0.05) is 13.5 Å². The van der Waals surface area contributed by atoms with E-state index in [0.717, 1.165) is 23.8 Å². The predicted octanol–water partition coefficient (Wildman–Crippen LogP) is 2.30. The number of rotatable bonds is 7. The van der Waals surface area contributed by atoms with Gasteiger partial charge in [0.25, 0.3) is 0 Å².